The lowest BCUT2D eigenvalue weighted by Crippen LogP contribution is -2.45. The predicted molar refractivity (Wildman–Crippen MR) is 566 cm³/mol. The van der Waals surface area contributed by atoms with E-state index in [0.29, 0.717) is 48.1 Å². The van der Waals surface area contributed by atoms with Crippen molar-refractivity contribution in [3.63, 3.8) is 0 Å². The minimum absolute atomic E-state index is 0.0130. The Morgan fingerprint density at radius 2 is 0.846 bits per heavy atom. The highest BCUT2D eigenvalue weighted by atomic mass is 32.2. The number of nitrogens with zero attached hydrogens (tertiary/aromatic N) is 14. The number of rotatable bonds is 29. The molecule has 756 valence electrons. The SMILES string of the molecule is CCCCN[C@@H]1CCC[C@H](C[C@@]2(CCC3CCCCC3)N=C(N)N(C)C2=O)C1.CN1C(=O)C(c2ccccc2)(c2cccc(-c3cccnc3)c2)N=C1N.CN1C(=O)C(c2ccccc2)(c2cccc(-c3cncnc3)c2)N=C1N.CN1C(=O)[C@@](CCC2CCCCC2)(C[C@H]2CCC[C@@H](NS(C)(=O)=O)C2)N=C1N.NC1=NC(c2ccccc2)(c2ccccc2)CN1CC1CCN(C(=O)COc2ccccc2)CC1. The fraction of sp³-hybridized carbons (Fsp3) is 0.460. The van der Waals surface area contributed by atoms with E-state index < -0.39 is 37.7 Å². The molecular weight excluding hydrogens is 1810 g/mol. The highest BCUT2D eigenvalue weighted by molar-refractivity contribution is 7.88. The number of hydrogen-bond donors (Lipinski definition) is 7. The van der Waals surface area contributed by atoms with Crippen LogP contribution in [-0.2, 0) is 50.6 Å². The van der Waals surface area contributed by atoms with Gasteiger partial charge in [-0.1, -0.05) is 285 Å². The Labute approximate surface area is 844 Å². The lowest BCUT2D eigenvalue weighted by Gasteiger charge is -2.35. The zero-order valence-electron chi connectivity index (χ0n) is 84.0. The highest BCUT2D eigenvalue weighted by Crippen LogP contribution is 2.47. The first kappa shape index (κ1) is 104. The van der Waals surface area contributed by atoms with E-state index in [9.17, 15) is 32.4 Å². The van der Waals surface area contributed by atoms with Crippen LogP contribution in [0.3, 0.4) is 0 Å². The molecular formula is C113H145N21O8S. The number of benzene rings is 7. The molecule has 6 aliphatic heterocycles. The molecule has 7 aromatic carbocycles. The van der Waals surface area contributed by atoms with Crippen molar-refractivity contribution in [2.75, 3.05) is 73.8 Å². The first-order chi connectivity index (χ1) is 69.1. The van der Waals surface area contributed by atoms with Crippen LogP contribution in [0.25, 0.3) is 22.3 Å². The number of unbranched alkanes of at least 4 members (excludes halogenated alkanes) is 1. The molecule has 0 spiro atoms. The Kier molecular flexibility index (Phi) is 34.9. The van der Waals surface area contributed by atoms with E-state index in [0.717, 1.165) is 171 Å². The summed E-state index contributed by atoms with van der Waals surface area (Å²) in [5, 5.41) is 3.75. The molecule has 12 N–H and O–H groups in total. The van der Waals surface area contributed by atoms with E-state index in [2.05, 4.69) is 95.3 Å². The van der Waals surface area contributed by atoms with Gasteiger partial charge in [-0.25, -0.2) is 48.1 Å². The summed E-state index contributed by atoms with van der Waals surface area (Å²) in [5.74, 6) is 5.10. The molecule has 0 radical (unpaired) electrons. The maximum absolute atomic E-state index is 13.2. The summed E-state index contributed by atoms with van der Waals surface area (Å²) in [6, 6.07) is 69.3. The number of carbonyl (C=O) groups is 5. The van der Waals surface area contributed by atoms with Crippen molar-refractivity contribution >= 4 is 69.4 Å². The molecule has 0 bridgehead atoms. The van der Waals surface area contributed by atoms with Crippen molar-refractivity contribution in [3.05, 3.63) is 277 Å². The number of likely N-dealkylation sites (N-methyl/N-ethyl adjacent to an activating group) is 4. The highest BCUT2D eigenvalue weighted by Gasteiger charge is 2.54. The average molecular weight is 1960 g/mol. The maximum atomic E-state index is 13.2. The summed E-state index contributed by atoms with van der Waals surface area (Å²) in [6.07, 6.45) is 41.1. The van der Waals surface area contributed by atoms with E-state index in [1.165, 1.54) is 130 Å². The van der Waals surface area contributed by atoms with Gasteiger partial charge in [0, 0.05) is 90.3 Å². The van der Waals surface area contributed by atoms with Crippen LogP contribution in [-0.4, -0.2) is 209 Å². The van der Waals surface area contributed by atoms with Crippen molar-refractivity contribution in [2.45, 2.75) is 226 Å². The van der Waals surface area contributed by atoms with Crippen LogP contribution >= 0.6 is 0 Å². The number of amides is 5. The fourth-order valence-corrected chi connectivity index (χ4v) is 23.7. The molecule has 8 atom stereocenters. The maximum Gasteiger partial charge on any atom is 0.266 e. The Morgan fingerprint density at radius 3 is 1.29 bits per heavy atom. The van der Waals surface area contributed by atoms with E-state index >= 15 is 0 Å². The third kappa shape index (κ3) is 25.1. The number of sulfonamides is 1. The number of nitrogens with one attached hydrogen (secondary N) is 2. The molecule has 30 heteroatoms. The monoisotopic (exact) mass is 1960 g/mol. The van der Waals surface area contributed by atoms with Gasteiger partial charge < -0.3 is 48.5 Å². The van der Waals surface area contributed by atoms with Gasteiger partial charge in [-0.2, -0.15) is 0 Å². The molecule has 5 fully saturated rings. The van der Waals surface area contributed by atoms with Crippen molar-refractivity contribution < 1.29 is 37.1 Å². The van der Waals surface area contributed by atoms with Gasteiger partial charge in [-0.3, -0.25) is 48.6 Å². The molecule has 9 aromatic rings. The molecule has 143 heavy (non-hydrogen) atoms. The molecule has 10 aliphatic rings. The quantitative estimate of drug-likeness (QED) is 0.0214. The molecule has 5 amide bonds. The molecule has 4 aliphatic carbocycles. The van der Waals surface area contributed by atoms with Crippen molar-refractivity contribution in [3.8, 4) is 28.0 Å². The van der Waals surface area contributed by atoms with Crippen LogP contribution in [0, 0.1) is 29.6 Å². The van der Waals surface area contributed by atoms with Gasteiger partial charge in [0.1, 0.15) is 28.7 Å². The van der Waals surface area contributed by atoms with Gasteiger partial charge in [-0.15, -0.1) is 0 Å². The standard InChI is InChI=1S/C29H32N4O2.C23H42N4O.C21H18N4O.C20H17N5O.C20H36N4O3S/c30-28-31-29(24-10-4-1-5-11-24,25-12-6-2-7-13-25)22-33(28)20-23-16-18-32(19-17-23)27(34)21-35-26-14-8-3-9-15-26;1-3-4-15-25-20-12-8-11-19(16-20)17-23(21(28)27(2)22(24)26-23)14-13-18-9-6-5-7-10-18;1-25-19(26)21(24-20(25)22,17-9-3-2-4-10-17)18-11-5-7-15(13-18)16-8-6-12-23-14-16;1-25-18(26)20(24-19(25)21,16-7-3-2-4-8-16)17-9-5-6-14(10-17)15-11-22-13-23-12-15;1-24-18(25)20(22-19(24)21,12-11-15-7-4-3-5-8-15)14-16-9-6-10-17(13-16)23-28(2,26)27/h1-15,23H,16-22H2,(H2,30,31);18-20,25H,3-17H2,1-2H3,(H2,24,26);2-14H,1H3,(H2,22,24);2-13H,1H3,(H2,21,24);15-17,23H,3-14H2,1-2H3,(H2,21,22)/t;19-,20+,23+;;;16-,17+,20+/m.0..0/s1. The number of hydrogen-bond acceptors (Lipinski definition) is 23. The summed E-state index contributed by atoms with van der Waals surface area (Å²) >= 11 is 0. The molecule has 4 saturated carbocycles. The van der Waals surface area contributed by atoms with Crippen LogP contribution in [0.2, 0.25) is 0 Å². The van der Waals surface area contributed by atoms with Crippen molar-refractivity contribution in [2.24, 2.45) is 83.2 Å². The van der Waals surface area contributed by atoms with Gasteiger partial charge in [0.15, 0.2) is 47.5 Å². The summed E-state index contributed by atoms with van der Waals surface area (Å²) in [7, 11) is 3.57. The van der Waals surface area contributed by atoms with Crippen LogP contribution in [0.5, 0.6) is 5.75 Å². The summed E-state index contributed by atoms with van der Waals surface area (Å²) in [4.78, 5) is 111. The minimum Gasteiger partial charge on any atom is -0.484 e. The van der Waals surface area contributed by atoms with Gasteiger partial charge in [-0.05, 0) is 200 Å². The molecule has 1 saturated heterocycles. The Hall–Kier alpha value is -13.1. The second-order valence-electron chi connectivity index (χ2n) is 40.6. The third-order valence-corrected chi connectivity index (χ3v) is 31.5. The number of aliphatic imine (C=N–C) groups is 5. The lowest BCUT2D eigenvalue weighted by atomic mass is 9.74. The van der Waals surface area contributed by atoms with Gasteiger partial charge in [0.05, 0.1) is 12.8 Å². The zero-order chi connectivity index (χ0) is 101. The van der Waals surface area contributed by atoms with Crippen LogP contribution < -0.4 is 43.4 Å². The number of likely N-dealkylation sites (tertiary alicyclic amines) is 1. The number of pyridine rings is 1. The molecule has 2 unspecified atom stereocenters. The van der Waals surface area contributed by atoms with Gasteiger partial charge in [0.25, 0.3) is 29.5 Å². The second kappa shape index (κ2) is 47.9. The van der Waals surface area contributed by atoms with Gasteiger partial charge in [0.2, 0.25) is 10.0 Å². The smallest absolute Gasteiger partial charge is 0.266 e. The average Bonchev–Trinajstić information content (AvgIpc) is 1.60. The van der Waals surface area contributed by atoms with Crippen molar-refractivity contribution in [1.29, 1.82) is 0 Å². The molecule has 8 heterocycles. The van der Waals surface area contributed by atoms with E-state index in [1.54, 1.807) is 57.9 Å². The van der Waals surface area contributed by atoms with Crippen molar-refractivity contribution in [1.82, 2.24) is 54.4 Å². The number of nitrogens with two attached hydrogens (primary N) is 5. The van der Waals surface area contributed by atoms with E-state index in [1.807, 2.05) is 169 Å². The van der Waals surface area contributed by atoms with Crippen LogP contribution in [0.1, 0.15) is 220 Å². The van der Waals surface area contributed by atoms with Crippen LogP contribution in [0.4, 0.5) is 0 Å². The summed E-state index contributed by atoms with van der Waals surface area (Å²) < 4.78 is 31.6. The first-order valence-electron chi connectivity index (χ1n) is 51.5. The third-order valence-electron chi connectivity index (χ3n) is 30.7. The number of piperidine rings is 1. The fourth-order valence-electron chi connectivity index (χ4n) is 22.8. The van der Waals surface area contributed by atoms with E-state index in [-0.39, 0.29) is 60.0 Å². The minimum atomic E-state index is -3.22. The molecule has 19 rings (SSSR count). The predicted octanol–water partition coefficient (Wildman–Crippen LogP) is 15.4. The zero-order valence-corrected chi connectivity index (χ0v) is 84.8. The number of aromatic nitrogens is 3. The largest absolute Gasteiger partial charge is 0.484 e. The number of guanidine groups is 5. The lowest BCUT2D eigenvalue weighted by molar-refractivity contribution is -0.135. The Morgan fingerprint density at radius 1 is 0.427 bits per heavy atom. The molecule has 2 aromatic heterocycles. The van der Waals surface area contributed by atoms with E-state index in [4.69, 9.17) is 48.4 Å². The first-order valence-corrected chi connectivity index (χ1v) is 53.4. The van der Waals surface area contributed by atoms with Crippen LogP contribution in [0.15, 0.2) is 268 Å². The second-order valence-corrected chi connectivity index (χ2v) is 42.4. The number of para-hydroxylation sites is 1. The number of carbonyl (C=O) groups excluding carboxylic acids is 5. The number of ether oxygens (including phenoxy) is 1. The molecule has 29 nitrogen and oxygen atoms in total. The topological polar surface area (TPSA) is 403 Å². The Balaban J connectivity index is 0.000000135. The summed E-state index contributed by atoms with van der Waals surface area (Å²) in [5.41, 5.74) is 35.6. The normalized spacial score (nSPS) is 24.1. The Bertz CT molecular complexity index is 5830. The van der Waals surface area contributed by atoms with Gasteiger partial charge >= 0.3 is 0 Å². The summed E-state index contributed by atoms with van der Waals surface area (Å²) in [6.45, 7) is 6.50.